The van der Waals surface area contributed by atoms with Crippen LogP contribution in [0, 0.1) is 0 Å². The molecule has 3 rings (SSSR count). The maximum atomic E-state index is 12.7. The molecule has 0 aliphatic carbocycles. The molecule has 0 radical (unpaired) electrons. The van der Waals surface area contributed by atoms with Crippen molar-refractivity contribution in [2.45, 2.75) is 38.8 Å². The summed E-state index contributed by atoms with van der Waals surface area (Å²) in [7, 11) is 0. The molecule has 1 aromatic heterocycles. The lowest BCUT2D eigenvalue weighted by Crippen LogP contribution is -2.92. The average Bonchev–Trinajstić information content (AvgIpc) is 3.21. The van der Waals surface area contributed by atoms with Crippen LogP contribution < -0.4 is 10.6 Å². The number of carbonyl (C=O) groups is 1. The van der Waals surface area contributed by atoms with Crippen LogP contribution in [0.25, 0.3) is 0 Å². The Labute approximate surface area is 160 Å². The van der Waals surface area contributed by atoms with E-state index in [1.54, 1.807) is 6.26 Å². The Bertz CT molecular complexity index is 840. The topological polar surface area (TPSA) is 58.9 Å². The van der Waals surface area contributed by atoms with E-state index < -0.39 is 0 Å². The minimum Gasteiger partial charge on any atom is -0.463 e. The van der Waals surface area contributed by atoms with Crippen molar-refractivity contribution in [3.63, 3.8) is 0 Å². The molecule has 0 fully saturated rings. The summed E-state index contributed by atoms with van der Waals surface area (Å²) in [6, 6.07) is 21.6. The first-order chi connectivity index (χ1) is 13.0. The molecule has 0 saturated carbocycles. The van der Waals surface area contributed by atoms with Gasteiger partial charge in [0.05, 0.1) is 6.26 Å². The molecule has 27 heavy (non-hydrogen) atoms. The second-order valence-electron chi connectivity index (χ2n) is 7.15. The number of hydrogen-bond donors (Lipinski definition) is 2. The van der Waals surface area contributed by atoms with Crippen LogP contribution in [0.5, 0.6) is 0 Å². The van der Waals surface area contributed by atoms with Gasteiger partial charge in [0.1, 0.15) is 0 Å². The van der Waals surface area contributed by atoms with Gasteiger partial charge < -0.3 is 15.1 Å². The Kier molecular flexibility index (Phi) is 6.09. The highest BCUT2D eigenvalue weighted by atomic mass is 16.3. The van der Waals surface area contributed by atoms with Crippen LogP contribution in [0.15, 0.2) is 77.4 Å². The first-order valence-electron chi connectivity index (χ1n) is 9.38. The number of rotatable bonds is 7. The van der Waals surface area contributed by atoms with E-state index in [2.05, 4.69) is 43.4 Å². The number of furan rings is 1. The Balaban J connectivity index is 1.70. The molecule has 4 nitrogen and oxygen atoms in total. The fourth-order valence-electron chi connectivity index (χ4n) is 3.08. The molecule has 0 bridgehead atoms. The molecule has 0 saturated heterocycles. The van der Waals surface area contributed by atoms with Gasteiger partial charge in [-0.15, -0.1) is 0 Å². The number of quaternary nitrogens is 1. The van der Waals surface area contributed by atoms with Crippen molar-refractivity contribution in [3.8, 4) is 0 Å². The summed E-state index contributed by atoms with van der Waals surface area (Å²) >= 11 is 0. The van der Waals surface area contributed by atoms with Crippen LogP contribution in [0.2, 0.25) is 0 Å². The zero-order valence-corrected chi connectivity index (χ0v) is 16.1. The molecule has 2 aromatic carbocycles. The third-order valence-corrected chi connectivity index (χ3v) is 4.75. The zero-order valence-electron chi connectivity index (χ0n) is 16.1. The van der Waals surface area contributed by atoms with Crippen LogP contribution in [-0.2, 0) is 4.79 Å². The number of amides is 1. The quantitative estimate of drug-likeness (QED) is 0.664. The summed E-state index contributed by atoms with van der Waals surface area (Å²) < 4.78 is 5.62. The number of nitrogens with one attached hydrogen (secondary N) is 1. The van der Waals surface area contributed by atoms with Gasteiger partial charge in [-0.1, -0.05) is 56.3 Å². The van der Waals surface area contributed by atoms with Gasteiger partial charge in [0.2, 0.25) is 0 Å². The molecule has 140 valence electrons. The van der Waals surface area contributed by atoms with Crippen LogP contribution in [0.4, 0.5) is 5.69 Å². The summed E-state index contributed by atoms with van der Waals surface area (Å²) in [5, 5.41) is 5.04. The number of nitrogens with two attached hydrogens (primary N) is 1. The molecule has 4 heteroatoms. The van der Waals surface area contributed by atoms with E-state index in [4.69, 9.17) is 4.42 Å². The Morgan fingerprint density at radius 1 is 0.889 bits per heavy atom. The lowest BCUT2D eigenvalue weighted by atomic mass is 10.0. The highest BCUT2D eigenvalue weighted by molar-refractivity contribution is 5.93. The Morgan fingerprint density at radius 3 is 2.19 bits per heavy atom. The molecule has 0 spiro atoms. The zero-order chi connectivity index (χ0) is 19.2. The predicted octanol–water partition coefficient (Wildman–Crippen LogP) is 4.08. The van der Waals surface area contributed by atoms with E-state index in [0.29, 0.717) is 5.92 Å². The van der Waals surface area contributed by atoms with Crippen molar-refractivity contribution in [2.75, 3.05) is 5.32 Å². The molecular formula is C23H27N2O2+. The third kappa shape index (κ3) is 4.86. The van der Waals surface area contributed by atoms with Gasteiger partial charge in [0.25, 0.3) is 5.91 Å². The fourth-order valence-corrected chi connectivity index (χ4v) is 3.08. The fraction of sp³-hybridized carbons (Fsp3) is 0.261. The maximum Gasteiger partial charge on any atom is 0.282 e. The van der Waals surface area contributed by atoms with E-state index in [1.807, 2.05) is 54.7 Å². The number of benzene rings is 2. The molecule has 1 amide bonds. The summed E-state index contributed by atoms with van der Waals surface area (Å²) in [5.74, 6) is 1.28. The molecule has 0 unspecified atom stereocenters. The monoisotopic (exact) mass is 363 g/mol. The lowest BCUT2D eigenvalue weighted by molar-refractivity contribution is -0.706. The number of hydrogen-bond acceptors (Lipinski definition) is 2. The highest BCUT2D eigenvalue weighted by Gasteiger charge is 2.26. The second-order valence-corrected chi connectivity index (χ2v) is 7.15. The maximum absolute atomic E-state index is 12.7. The van der Waals surface area contributed by atoms with E-state index >= 15 is 0 Å². The predicted molar refractivity (Wildman–Crippen MR) is 108 cm³/mol. The SMILES string of the molecule is CC(C)c1ccc(NC(=O)[C@H](C)[NH2+][C@H](c2ccccc2)c2ccco2)cc1. The van der Waals surface area contributed by atoms with Crippen molar-refractivity contribution in [1.82, 2.24) is 0 Å². The normalized spacial score (nSPS) is 13.3. The van der Waals surface area contributed by atoms with Gasteiger partial charge >= 0.3 is 0 Å². The minimum atomic E-state index is -0.273. The molecule has 0 aliphatic rings. The molecule has 3 aromatic rings. The molecule has 3 N–H and O–H groups in total. The van der Waals surface area contributed by atoms with Gasteiger partial charge in [0, 0.05) is 11.3 Å². The van der Waals surface area contributed by atoms with Gasteiger partial charge in [-0.3, -0.25) is 4.79 Å². The minimum absolute atomic E-state index is 0.0280. The van der Waals surface area contributed by atoms with E-state index in [-0.39, 0.29) is 18.0 Å². The van der Waals surface area contributed by atoms with Crippen molar-refractivity contribution < 1.29 is 14.5 Å². The Hall–Kier alpha value is -2.85. The van der Waals surface area contributed by atoms with E-state index in [1.165, 1.54) is 5.56 Å². The van der Waals surface area contributed by atoms with Crippen molar-refractivity contribution in [3.05, 3.63) is 89.9 Å². The van der Waals surface area contributed by atoms with E-state index in [9.17, 15) is 4.79 Å². The first-order valence-corrected chi connectivity index (χ1v) is 9.38. The highest BCUT2D eigenvalue weighted by Crippen LogP contribution is 2.19. The second kappa shape index (κ2) is 8.69. The summed E-state index contributed by atoms with van der Waals surface area (Å²) in [6.07, 6.45) is 1.67. The van der Waals surface area contributed by atoms with Gasteiger partial charge in [-0.2, -0.15) is 0 Å². The largest absolute Gasteiger partial charge is 0.463 e. The van der Waals surface area contributed by atoms with Crippen molar-refractivity contribution >= 4 is 11.6 Å². The van der Waals surface area contributed by atoms with Crippen molar-refractivity contribution in [1.29, 1.82) is 0 Å². The lowest BCUT2D eigenvalue weighted by Gasteiger charge is -2.19. The van der Waals surface area contributed by atoms with Crippen molar-refractivity contribution in [2.24, 2.45) is 0 Å². The van der Waals surface area contributed by atoms with Crippen LogP contribution in [0.1, 0.15) is 49.6 Å². The standard InChI is InChI=1S/C23H26N2O2/c1-16(2)18-11-13-20(14-12-18)25-23(26)17(3)24-22(21-10-7-15-27-21)19-8-5-4-6-9-19/h4-17,22,24H,1-3H3,(H,25,26)/p+1/t17-,22+/m0/s1. The summed E-state index contributed by atoms with van der Waals surface area (Å²) in [4.78, 5) is 12.7. The molecular weight excluding hydrogens is 336 g/mol. The van der Waals surface area contributed by atoms with Crippen LogP contribution in [0.3, 0.4) is 0 Å². The molecule has 1 heterocycles. The first kappa shape index (κ1) is 18.9. The third-order valence-electron chi connectivity index (χ3n) is 4.75. The van der Waals surface area contributed by atoms with Gasteiger partial charge in [-0.05, 0) is 42.7 Å². The van der Waals surface area contributed by atoms with Crippen LogP contribution >= 0.6 is 0 Å². The van der Waals surface area contributed by atoms with Gasteiger partial charge in [-0.25, -0.2) is 0 Å². The van der Waals surface area contributed by atoms with E-state index in [0.717, 1.165) is 17.0 Å². The summed E-state index contributed by atoms with van der Waals surface area (Å²) in [5.41, 5.74) is 3.18. The Morgan fingerprint density at radius 2 is 1.59 bits per heavy atom. The summed E-state index contributed by atoms with van der Waals surface area (Å²) in [6.45, 7) is 6.22. The van der Waals surface area contributed by atoms with Gasteiger partial charge in [0.15, 0.2) is 17.8 Å². The molecule has 0 aliphatic heterocycles. The average molecular weight is 363 g/mol. The molecule has 2 atom stereocenters. The smallest absolute Gasteiger partial charge is 0.282 e. The number of carbonyl (C=O) groups excluding carboxylic acids is 1. The number of anilines is 1. The van der Waals surface area contributed by atoms with Crippen LogP contribution in [-0.4, -0.2) is 11.9 Å².